The van der Waals surface area contributed by atoms with E-state index in [0.717, 1.165) is 0 Å². The molecule has 0 saturated heterocycles. The lowest BCUT2D eigenvalue weighted by molar-refractivity contribution is 0.145. The van der Waals surface area contributed by atoms with Crippen molar-refractivity contribution in [3.8, 4) is 0 Å². The summed E-state index contributed by atoms with van der Waals surface area (Å²) in [5.74, 6) is -3.02. The first kappa shape index (κ1) is 11.9. The molecule has 0 aliphatic heterocycles. The Kier molecular flexibility index (Phi) is 3.00. The summed E-state index contributed by atoms with van der Waals surface area (Å²) in [7, 11) is -4.56. The van der Waals surface area contributed by atoms with E-state index < -0.39 is 38.5 Å². The van der Waals surface area contributed by atoms with Crippen LogP contribution >= 0.6 is 0 Å². The molecule has 0 unspecified atom stereocenters. The quantitative estimate of drug-likeness (QED) is 0.801. The second-order valence-electron chi connectivity index (χ2n) is 2.65. The summed E-state index contributed by atoms with van der Waals surface area (Å²) in [6.07, 6.45) is -3.32. The number of alkyl halides is 2. The van der Waals surface area contributed by atoms with Crippen LogP contribution in [0.2, 0.25) is 0 Å². The fraction of sp³-hybridized carbons (Fsp3) is 0.143. The molecule has 0 aliphatic carbocycles. The molecule has 8 heteroatoms. The first-order chi connectivity index (χ1) is 6.73. The molecule has 0 aliphatic rings. The highest BCUT2D eigenvalue weighted by molar-refractivity contribution is 7.89. The van der Waals surface area contributed by atoms with Gasteiger partial charge < -0.3 is 0 Å². The third kappa shape index (κ3) is 2.45. The summed E-state index contributed by atoms with van der Waals surface area (Å²) >= 11 is 0. The average Bonchev–Trinajstić information content (AvgIpc) is 2.06. The third-order valence-electron chi connectivity index (χ3n) is 1.57. The first-order valence-corrected chi connectivity index (χ1v) is 5.08. The van der Waals surface area contributed by atoms with E-state index in [4.69, 9.17) is 0 Å². The number of benzene rings is 1. The molecular weight excluding hydrogens is 238 g/mol. The van der Waals surface area contributed by atoms with Crippen LogP contribution in [-0.2, 0) is 10.0 Å². The van der Waals surface area contributed by atoms with Crippen LogP contribution in [-0.4, -0.2) is 8.42 Å². The van der Waals surface area contributed by atoms with E-state index in [-0.39, 0.29) is 12.1 Å². The first-order valence-electron chi connectivity index (χ1n) is 3.53. The van der Waals surface area contributed by atoms with Crippen molar-refractivity contribution in [2.45, 2.75) is 11.3 Å². The fourth-order valence-corrected chi connectivity index (χ4v) is 1.59. The number of hydrogen-bond acceptors (Lipinski definition) is 2. The summed E-state index contributed by atoms with van der Waals surface area (Å²) < 4.78 is 71.5. The Labute approximate surface area is 82.6 Å². The maximum atomic E-state index is 13.1. The van der Waals surface area contributed by atoms with E-state index in [9.17, 15) is 26.0 Å². The van der Waals surface area contributed by atoms with Gasteiger partial charge in [-0.05, 0) is 12.1 Å². The summed E-state index contributed by atoms with van der Waals surface area (Å²) in [6, 6.07) is 0.464. The van der Waals surface area contributed by atoms with Gasteiger partial charge in [0, 0.05) is 0 Å². The van der Waals surface area contributed by atoms with E-state index >= 15 is 0 Å². The Morgan fingerprint density at radius 1 is 1.20 bits per heavy atom. The topological polar surface area (TPSA) is 60.2 Å². The summed E-state index contributed by atoms with van der Waals surface area (Å²) in [4.78, 5) is -1.28. The Bertz CT molecular complexity index is 486. The van der Waals surface area contributed by atoms with E-state index in [1.165, 1.54) is 0 Å². The van der Waals surface area contributed by atoms with Gasteiger partial charge >= 0.3 is 0 Å². The number of nitrogens with two attached hydrogens (primary N) is 1. The van der Waals surface area contributed by atoms with Crippen molar-refractivity contribution >= 4 is 10.0 Å². The predicted octanol–water partition coefficient (Wildman–Crippen LogP) is 1.55. The zero-order valence-electron chi connectivity index (χ0n) is 7.05. The highest BCUT2D eigenvalue weighted by atomic mass is 32.2. The summed E-state index contributed by atoms with van der Waals surface area (Å²) in [5.41, 5.74) is -1.33. The van der Waals surface area contributed by atoms with E-state index in [0.29, 0.717) is 0 Å². The Hall–Kier alpha value is -1.15. The number of primary sulfonamides is 1. The standard InChI is InChI=1S/C7H5F4NO2S/c8-3-1-4(7(10)11)6(9)5(2-3)15(12,13)14/h1-2,7H,(H2,12,13,14). The summed E-state index contributed by atoms with van der Waals surface area (Å²) in [6.45, 7) is 0. The Morgan fingerprint density at radius 3 is 2.13 bits per heavy atom. The molecule has 1 rings (SSSR count). The minimum Gasteiger partial charge on any atom is -0.225 e. The third-order valence-corrected chi connectivity index (χ3v) is 2.48. The lowest BCUT2D eigenvalue weighted by atomic mass is 10.2. The van der Waals surface area contributed by atoms with Crippen LogP contribution in [0.25, 0.3) is 0 Å². The lowest BCUT2D eigenvalue weighted by Crippen LogP contribution is -2.15. The molecule has 84 valence electrons. The molecule has 15 heavy (non-hydrogen) atoms. The molecule has 0 spiro atoms. The van der Waals surface area contributed by atoms with Gasteiger partial charge in [-0.1, -0.05) is 0 Å². The Balaban J connectivity index is 3.56. The van der Waals surface area contributed by atoms with Crippen molar-refractivity contribution in [1.82, 2.24) is 0 Å². The minimum absolute atomic E-state index is 0.217. The largest absolute Gasteiger partial charge is 0.266 e. The van der Waals surface area contributed by atoms with Gasteiger partial charge in [0.2, 0.25) is 10.0 Å². The van der Waals surface area contributed by atoms with Crippen LogP contribution in [0, 0.1) is 11.6 Å². The maximum absolute atomic E-state index is 13.1. The number of halogens is 4. The number of sulfonamides is 1. The lowest BCUT2D eigenvalue weighted by Gasteiger charge is -2.06. The molecule has 1 aromatic rings. The van der Waals surface area contributed by atoms with Crippen molar-refractivity contribution < 1.29 is 26.0 Å². The van der Waals surface area contributed by atoms with Crippen molar-refractivity contribution in [2.24, 2.45) is 5.14 Å². The van der Waals surface area contributed by atoms with Gasteiger partial charge in [-0.25, -0.2) is 31.1 Å². The van der Waals surface area contributed by atoms with Crippen molar-refractivity contribution in [3.63, 3.8) is 0 Å². The highest BCUT2D eigenvalue weighted by Crippen LogP contribution is 2.27. The van der Waals surface area contributed by atoms with Crippen molar-refractivity contribution in [3.05, 3.63) is 29.3 Å². The molecule has 0 radical (unpaired) electrons. The molecular formula is C7H5F4NO2S. The van der Waals surface area contributed by atoms with Crippen LogP contribution < -0.4 is 5.14 Å². The minimum atomic E-state index is -4.56. The van der Waals surface area contributed by atoms with Gasteiger partial charge in [-0.15, -0.1) is 0 Å². The van der Waals surface area contributed by atoms with Gasteiger partial charge in [0.1, 0.15) is 10.7 Å². The molecule has 2 N–H and O–H groups in total. The van der Waals surface area contributed by atoms with Crippen LogP contribution in [0.4, 0.5) is 17.6 Å². The van der Waals surface area contributed by atoms with Gasteiger partial charge in [0.25, 0.3) is 6.43 Å². The van der Waals surface area contributed by atoms with E-state index in [1.807, 2.05) is 0 Å². The van der Waals surface area contributed by atoms with E-state index in [1.54, 1.807) is 0 Å². The molecule has 0 saturated carbocycles. The molecule has 0 heterocycles. The van der Waals surface area contributed by atoms with Crippen LogP contribution in [0.15, 0.2) is 17.0 Å². The SMILES string of the molecule is NS(=O)(=O)c1cc(F)cc(C(F)F)c1F. The molecule has 0 bridgehead atoms. The maximum Gasteiger partial charge on any atom is 0.266 e. The van der Waals surface area contributed by atoms with Gasteiger partial charge in [-0.2, -0.15) is 0 Å². The van der Waals surface area contributed by atoms with Gasteiger partial charge in [0.05, 0.1) is 5.56 Å². The van der Waals surface area contributed by atoms with Gasteiger partial charge in [-0.3, -0.25) is 0 Å². The number of rotatable bonds is 2. The Morgan fingerprint density at radius 2 is 1.73 bits per heavy atom. The molecule has 0 atom stereocenters. The van der Waals surface area contributed by atoms with Crippen molar-refractivity contribution in [2.75, 3.05) is 0 Å². The molecule has 0 fully saturated rings. The molecule has 0 amide bonds. The average molecular weight is 243 g/mol. The van der Waals surface area contributed by atoms with Gasteiger partial charge in [0.15, 0.2) is 5.82 Å². The zero-order valence-corrected chi connectivity index (χ0v) is 7.86. The second kappa shape index (κ2) is 3.78. The molecule has 3 nitrogen and oxygen atoms in total. The predicted molar refractivity (Wildman–Crippen MR) is 42.7 cm³/mol. The summed E-state index contributed by atoms with van der Waals surface area (Å²) in [5, 5.41) is 4.52. The fourth-order valence-electron chi connectivity index (χ4n) is 0.950. The second-order valence-corrected chi connectivity index (χ2v) is 4.18. The van der Waals surface area contributed by atoms with Crippen molar-refractivity contribution in [1.29, 1.82) is 0 Å². The van der Waals surface area contributed by atoms with Crippen LogP contribution in [0.1, 0.15) is 12.0 Å². The highest BCUT2D eigenvalue weighted by Gasteiger charge is 2.23. The molecule has 1 aromatic carbocycles. The smallest absolute Gasteiger partial charge is 0.225 e. The van der Waals surface area contributed by atoms with E-state index in [2.05, 4.69) is 5.14 Å². The molecule has 0 aromatic heterocycles. The number of hydrogen-bond donors (Lipinski definition) is 1. The normalized spacial score (nSPS) is 12.1. The van der Waals surface area contributed by atoms with Crippen LogP contribution in [0.3, 0.4) is 0 Å². The monoisotopic (exact) mass is 243 g/mol. The zero-order chi connectivity index (χ0) is 11.8. The van der Waals surface area contributed by atoms with Crippen LogP contribution in [0.5, 0.6) is 0 Å².